The van der Waals surface area contributed by atoms with E-state index in [1.165, 1.54) is 25.7 Å². The lowest BCUT2D eigenvalue weighted by atomic mass is 9.95. The van der Waals surface area contributed by atoms with E-state index in [2.05, 4.69) is 39.8 Å². The summed E-state index contributed by atoms with van der Waals surface area (Å²) in [7, 11) is 0. The van der Waals surface area contributed by atoms with Gasteiger partial charge in [0.15, 0.2) is 0 Å². The Morgan fingerprint density at radius 1 is 1.08 bits per heavy atom. The van der Waals surface area contributed by atoms with Crippen molar-refractivity contribution in [3.8, 4) is 0 Å². The molecule has 0 saturated heterocycles. The predicted molar refractivity (Wildman–Crippen MR) is 57.3 cm³/mol. The molecule has 0 nitrogen and oxygen atoms in total. The van der Waals surface area contributed by atoms with Crippen molar-refractivity contribution in [3.05, 3.63) is 12.2 Å². The molecule has 2 unspecified atom stereocenters. The van der Waals surface area contributed by atoms with Crippen molar-refractivity contribution in [2.75, 3.05) is 0 Å². The molecule has 0 N–H and O–H groups in total. The molecule has 2 atom stereocenters. The van der Waals surface area contributed by atoms with E-state index in [9.17, 15) is 0 Å². The van der Waals surface area contributed by atoms with Gasteiger partial charge in [0.2, 0.25) is 0 Å². The van der Waals surface area contributed by atoms with Gasteiger partial charge in [-0.1, -0.05) is 52.2 Å². The van der Waals surface area contributed by atoms with E-state index in [1.807, 2.05) is 0 Å². The molecule has 0 radical (unpaired) electrons. The van der Waals surface area contributed by atoms with Gasteiger partial charge in [-0.15, -0.1) is 0 Å². The SMILES string of the molecule is CC=CC(C)CCC(C)CCC. The lowest BCUT2D eigenvalue weighted by molar-refractivity contribution is 0.440. The van der Waals surface area contributed by atoms with Gasteiger partial charge < -0.3 is 0 Å². The average molecular weight is 168 g/mol. The van der Waals surface area contributed by atoms with Crippen molar-refractivity contribution in [1.29, 1.82) is 0 Å². The Morgan fingerprint density at radius 2 is 1.75 bits per heavy atom. The minimum atomic E-state index is 0.773. The molecule has 0 bridgehead atoms. The van der Waals surface area contributed by atoms with Crippen molar-refractivity contribution in [2.24, 2.45) is 11.8 Å². The van der Waals surface area contributed by atoms with Crippen LogP contribution in [-0.4, -0.2) is 0 Å². The summed E-state index contributed by atoms with van der Waals surface area (Å²) in [6.07, 6.45) is 9.93. The lowest BCUT2D eigenvalue weighted by Crippen LogP contribution is -1.97. The summed E-state index contributed by atoms with van der Waals surface area (Å²) in [6.45, 7) is 9.04. The van der Waals surface area contributed by atoms with E-state index in [0.717, 1.165) is 11.8 Å². The minimum Gasteiger partial charge on any atom is -0.0914 e. The number of hydrogen-bond donors (Lipinski definition) is 0. The highest BCUT2D eigenvalue weighted by molar-refractivity contribution is 4.82. The Bertz CT molecular complexity index is 113. The van der Waals surface area contributed by atoms with Crippen LogP contribution in [0.25, 0.3) is 0 Å². The summed E-state index contributed by atoms with van der Waals surface area (Å²) >= 11 is 0. The van der Waals surface area contributed by atoms with Crippen LogP contribution in [0.2, 0.25) is 0 Å². The van der Waals surface area contributed by atoms with E-state index in [0.29, 0.717) is 0 Å². The second-order valence-corrected chi connectivity index (χ2v) is 3.97. The first-order valence-corrected chi connectivity index (χ1v) is 5.33. The van der Waals surface area contributed by atoms with Crippen LogP contribution in [0.1, 0.15) is 53.4 Å². The highest BCUT2D eigenvalue weighted by Crippen LogP contribution is 2.16. The highest BCUT2D eigenvalue weighted by Gasteiger charge is 2.02. The monoisotopic (exact) mass is 168 g/mol. The van der Waals surface area contributed by atoms with Gasteiger partial charge in [0.05, 0.1) is 0 Å². The van der Waals surface area contributed by atoms with E-state index in [-0.39, 0.29) is 0 Å². The van der Waals surface area contributed by atoms with Crippen LogP contribution in [0.15, 0.2) is 12.2 Å². The molecule has 0 aromatic rings. The average Bonchev–Trinajstić information content (AvgIpc) is 2.02. The van der Waals surface area contributed by atoms with Gasteiger partial charge in [0.25, 0.3) is 0 Å². The third-order valence-corrected chi connectivity index (χ3v) is 2.42. The van der Waals surface area contributed by atoms with Crippen molar-refractivity contribution in [1.82, 2.24) is 0 Å². The summed E-state index contributed by atoms with van der Waals surface area (Å²) in [5, 5.41) is 0. The maximum atomic E-state index is 2.37. The fourth-order valence-electron chi connectivity index (χ4n) is 1.61. The Hall–Kier alpha value is -0.260. The molecule has 0 amide bonds. The van der Waals surface area contributed by atoms with Crippen molar-refractivity contribution in [2.45, 2.75) is 53.4 Å². The van der Waals surface area contributed by atoms with E-state index in [1.54, 1.807) is 0 Å². The van der Waals surface area contributed by atoms with Gasteiger partial charge in [-0.05, 0) is 25.2 Å². The number of hydrogen-bond acceptors (Lipinski definition) is 0. The molecule has 0 aromatic heterocycles. The van der Waals surface area contributed by atoms with Crippen LogP contribution in [0, 0.1) is 11.8 Å². The van der Waals surface area contributed by atoms with Crippen LogP contribution in [-0.2, 0) is 0 Å². The zero-order chi connectivity index (χ0) is 9.40. The molecular weight excluding hydrogens is 144 g/mol. The second-order valence-electron chi connectivity index (χ2n) is 3.97. The zero-order valence-electron chi connectivity index (χ0n) is 9.14. The van der Waals surface area contributed by atoms with Gasteiger partial charge in [-0.2, -0.15) is 0 Å². The highest BCUT2D eigenvalue weighted by atomic mass is 14.1. The van der Waals surface area contributed by atoms with Gasteiger partial charge in [-0.3, -0.25) is 0 Å². The molecule has 0 heteroatoms. The normalized spacial score (nSPS) is 16.7. The van der Waals surface area contributed by atoms with Crippen LogP contribution in [0.5, 0.6) is 0 Å². The van der Waals surface area contributed by atoms with E-state index < -0.39 is 0 Å². The predicted octanol–water partition coefficient (Wildman–Crippen LogP) is 4.42. The van der Waals surface area contributed by atoms with Crippen LogP contribution < -0.4 is 0 Å². The summed E-state index contributed by atoms with van der Waals surface area (Å²) in [6, 6.07) is 0. The van der Waals surface area contributed by atoms with Gasteiger partial charge >= 0.3 is 0 Å². The summed E-state index contributed by atoms with van der Waals surface area (Å²) in [4.78, 5) is 0. The Labute approximate surface area is 78.1 Å². The van der Waals surface area contributed by atoms with Crippen molar-refractivity contribution < 1.29 is 0 Å². The quantitative estimate of drug-likeness (QED) is 0.515. The molecule has 0 heterocycles. The maximum Gasteiger partial charge on any atom is -0.0262 e. The van der Waals surface area contributed by atoms with E-state index >= 15 is 0 Å². The standard InChI is InChI=1S/C12H24/c1-5-7-11(3)9-10-12(4)8-6-2/h5,7,11-12H,6,8-10H2,1-4H3. The topological polar surface area (TPSA) is 0 Å². The summed E-state index contributed by atoms with van der Waals surface area (Å²) in [5.41, 5.74) is 0. The molecule has 72 valence electrons. The second kappa shape index (κ2) is 7.39. The van der Waals surface area contributed by atoms with E-state index in [4.69, 9.17) is 0 Å². The molecular formula is C12H24. The van der Waals surface area contributed by atoms with Crippen molar-refractivity contribution >= 4 is 0 Å². The molecule has 0 aromatic carbocycles. The zero-order valence-corrected chi connectivity index (χ0v) is 9.14. The first-order valence-electron chi connectivity index (χ1n) is 5.33. The molecule has 0 spiro atoms. The Kier molecular flexibility index (Phi) is 7.23. The van der Waals surface area contributed by atoms with Crippen LogP contribution >= 0.6 is 0 Å². The van der Waals surface area contributed by atoms with Crippen LogP contribution in [0.4, 0.5) is 0 Å². The molecule has 0 aliphatic rings. The minimum absolute atomic E-state index is 0.773. The Balaban J connectivity index is 3.39. The third-order valence-electron chi connectivity index (χ3n) is 2.42. The Morgan fingerprint density at radius 3 is 2.25 bits per heavy atom. The fraction of sp³-hybridized carbons (Fsp3) is 0.833. The first-order chi connectivity index (χ1) is 5.70. The maximum absolute atomic E-state index is 2.37. The summed E-state index contributed by atoms with van der Waals surface area (Å²) in [5.74, 6) is 1.69. The fourth-order valence-corrected chi connectivity index (χ4v) is 1.61. The largest absolute Gasteiger partial charge is 0.0914 e. The summed E-state index contributed by atoms with van der Waals surface area (Å²) < 4.78 is 0. The third kappa shape index (κ3) is 6.45. The van der Waals surface area contributed by atoms with Gasteiger partial charge in [0.1, 0.15) is 0 Å². The molecule has 0 fully saturated rings. The smallest absolute Gasteiger partial charge is 0.0262 e. The lowest BCUT2D eigenvalue weighted by Gasteiger charge is -2.11. The number of rotatable bonds is 6. The molecule has 0 rings (SSSR count). The molecule has 0 aliphatic heterocycles. The number of allylic oxidation sites excluding steroid dienone is 2. The van der Waals surface area contributed by atoms with Crippen LogP contribution in [0.3, 0.4) is 0 Å². The molecule has 0 aliphatic carbocycles. The molecule has 12 heavy (non-hydrogen) atoms. The molecule has 0 saturated carbocycles. The van der Waals surface area contributed by atoms with Gasteiger partial charge in [-0.25, -0.2) is 0 Å². The van der Waals surface area contributed by atoms with Gasteiger partial charge in [0, 0.05) is 0 Å². The van der Waals surface area contributed by atoms with Crippen molar-refractivity contribution in [3.63, 3.8) is 0 Å². The first kappa shape index (κ1) is 11.7.